The molecule has 0 saturated heterocycles. The first-order valence-corrected chi connectivity index (χ1v) is 9.22. The van der Waals surface area contributed by atoms with Gasteiger partial charge in [0.1, 0.15) is 17.3 Å². The van der Waals surface area contributed by atoms with Crippen LogP contribution in [0.5, 0.6) is 5.75 Å². The van der Waals surface area contributed by atoms with E-state index in [4.69, 9.17) is 9.47 Å². The summed E-state index contributed by atoms with van der Waals surface area (Å²) >= 11 is 3.09. The van der Waals surface area contributed by atoms with Gasteiger partial charge in [-0.3, -0.25) is 9.36 Å². The zero-order valence-electron chi connectivity index (χ0n) is 16.1. The lowest BCUT2D eigenvalue weighted by Crippen LogP contribution is -2.44. The molecule has 1 unspecified atom stereocenters. The van der Waals surface area contributed by atoms with Gasteiger partial charge in [0, 0.05) is 24.6 Å². The first-order chi connectivity index (χ1) is 13.7. The summed E-state index contributed by atoms with van der Waals surface area (Å²) in [6.45, 7) is 2.26. The normalized spacial score (nSPS) is 18.2. The Kier molecular flexibility index (Phi) is 5.12. The van der Waals surface area contributed by atoms with Crippen molar-refractivity contribution in [1.82, 2.24) is 9.13 Å². The monoisotopic (exact) mass is 494 g/mol. The smallest absolute Gasteiger partial charge is 0.432 e. The Bertz CT molecular complexity index is 1160. The fourth-order valence-corrected chi connectivity index (χ4v) is 4.06. The summed E-state index contributed by atoms with van der Waals surface area (Å²) in [5, 5.41) is 0. The molecule has 0 aliphatic carbocycles. The number of aromatic nitrogens is 2. The van der Waals surface area contributed by atoms with Gasteiger partial charge in [0.15, 0.2) is 0 Å². The number of ether oxygens (including phenoxy) is 2. The van der Waals surface area contributed by atoms with Crippen LogP contribution < -0.4 is 16.0 Å². The molecule has 7 nitrogen and oxygen atoms in total. The molecule has 0 fully saturated rings. The van der Waals surface area contributed by atoms with Gasteiger partial charge < -0.3 is 9.47 Å². The molecule has 1 aromatic carbocycles. The van der Waals surface area contributed by atoms with Gasteiger partial charge in [0.2, 0.25) is 5.60 Å². The number of carbonyl (C=O) groups is 1. The summed E-state index contributed by atoms with van der Waals surface area (Å²) in [6, 6.07) is 0.899. The summed E-state index contributed by atoms with van der Waals surface area (Å²) in [5.74, 6) is -1.87. The van der Waals surface area contributed by atoms with Crippen molar-refractivity contribution in [2.75, 3.05) is 7.11 Å². The van der Waals surface area contributed by atoms with Crippen molar-refractivity contribution in [2.24, 2.45) is 7.05 Å². The molecular formula is C18H15BrF4N2O5. The summed E-state index contributed by atoms with van der Waals surface area (Å²) in [7, 11) is 1.95. The van der Waals surface area contributed by atoms with Gasteiger partial charge in [0.25, 0.3) is 5.56 Å². The number of nitrogens with zero attached hydrogens (tertiary/aromatic N) is 2. The van der Waals surface area contributed by atoms with E-state index in [9.17, 15) is 31.9 Å². The maximum atomic E-state index is 15.0. The molecule has 162 valence electrons. The van der Waals surface area contributed by atoms with E-state index < -0.39 is 51.8 Å². The largest absolute Gasteiger partial charge is 0.474 e. The van der Waals surface area contributed by atoms with E-state index in [1.54, 1.807) is 0 Å². The van der Waals surface area contributed by atoms with E-state index in [1.165, 1.54) is 6.92 Å². The number of halogens is 5. The number of alkyl halides is 3. The molecule has 1 atom stereocenters. The van der Waals surface area contributed by atoms with Gasteiger partial charge in [-0.25, -0.2) is 18.5 Å². The summed E-state index contributed by atoms with van der Waals surface area (Å²) in [6.07, 6.45) is -5.25. The summed E-state index contributed by atoms with van der Waals surface area (Å²) in [4.78, 5) is 37.6. The highest BCUT2D eigenvalue weighted by molar-refractivity contribution is 9.10. The van der Waals surface area contributed by atoms with E-state index in [0.717, 1.165) is 27.1 Å². The minimum Gasteiger partial charge on any atom is -0.474 e. The van der Waals surface area contributed by atoms with Gasteiger partial charge in [-0.15, -0.1) is 0 Å². The molecule has 0 N–H and O–H groups in total. The lowest BCUT2D eigenvalue weighted by molar-refractivity contribution is -0.156. The molecule has 1 aliphatic rings. The minimum absolute atomic E-state index is 0.0224. The molecule has 0 bridgehead atoms. The molecular weight excluding hydrogens is 480 g/mol. The minimum atomic E-state index is -4.97. The highest BCUT2D eigenvalue weighted by Gasteiger charge is 2.46. The second kappa shape index (κ2) is 6.96. The molecule has 0 spiro atoms. The van der Waals surface area contributed by atoms with Crippen LogP contribution in [-0.2, 0) is 29.2 Å². The molecule has 3 rings (SSSR count). The molecule has 1 aliphatic heterocycles. The number of hydrogen-bond donors (Lipinski definition) is 0. The van der Waals surface area contributed by atoms with Gasteiger partial charge in [0.05, 0.1) is 17.3 Å². The van der Waals surface area contributed by atoms with Crippen molar-refractivity contribution in [3.63, 3.8) is 0 Å². The van der Waals surface area contributed by atoms with Crippen molar-refractivity contribution >= 4 is 21.9 Å². The van der Waals surface area contributed by atoms with E-state index in [0.29, 0.717) is 4.57 Å². The van der Waals surface area contributed by atoms with Crippen LogP contribution in [0, 0.1) is 12.7 Å². The van der Waals surface area contributed by atoms with Crippen LogP contribution in [0.15, 0.2) is 20.1 Å². The molecule has 1 aromatic heterocycles. The van der Waals surface area contributed by atoms with E-state index in [-0.39, 0.29) is 26.8 Å². The molecule has 12 heteroatoms. The lowest BCUT2D eigenvalue weighted by Gasteiger charge is -2.20. The SMILES string of the molecule is COC(=O)C1(C)Cc2c(c(Br)cc(F)c2-n2c(=O)c(C)c(C(F)(F)F)n(C)c2=O)O1. The fraction of sp³-hybridized carbons (Fsp3) is 0.389. The Hall–Kier alpha value is -2.63. The van der Waals surface area contributed by atoms with Crippen molar-refractivity contribution in [3.8, 4) is 11.4 Å². The van der Waals surface area contributed by atoms with E-state index in [2.05, 4.69) is 15.9 Å². The molecule has 2 heterocycles. The molecule has 30 heavy (non-hydrogen) atoms. The third kappa shape index (κ3) is 3.13. The molecule has 0 saturated carbocycles. The van der Waals surface area contributed by atoms with Crippen LogP contribution in [0.4, 0.5) is 17.6 Å². The zero-order valence-corrected chi connectivity index (χ0v) is 17.7. The van der Waals surface area contributed by atoms with Gasteiger partial charge in [-0.2, -0.15) is 13.2 Å². The van der Waals surface area contributed by atoms with Gasteiger partial charge in [-0.05, 0) is 35.8 Å². The quantitative estimate of drug-likeness (QED) is 0.473. The van der Waals surface area contributed by atoms with Crippen LogP contribution in [0.2, 0.25) is 0 Å². The van der Waals surface area contributed by atoms with Crippen molar-refractivity contribution in [3.05, 3.63) is 54.0 Å². The highest BCUT2D eigenvalue weighted by atomic mass is 79.9. The van der Waals surface area contributed by atoms with Crippen molar-refractivity contribution < 1.29 is 31.8 Å². The number of carbonyl (C=O) groups excluding carboxylic acids is 1. The van der Waals surface area contributed by atoms with E-state index in [1.807, 2.05) is 0 Å². The molecule has 2 aromatic rings. The average molecular weight is 495 g/mol. The first-order valence-electron chi connectivity index (χ1n) is 8.43. The molecule has 0 radical (unpaired) electrons. The second-order valence-corrected chi connectivity index (χ2v) is 7.81. The number of benzene rings is 1. The number of fused-ring (bicyclic) bond motifs is 1. The molecule has 0 amide bonds. The third-order valence-electron chi connectivity index (χ3n) is 4.90. The van der Waals surface area contributed by atoms with Crippen LogP contribution in [-0.4, -0.2) is 27.8 Å². The first kappa shape index (κ1) is 22.1. The summed E-state index contributed by atoms with van der Waals surface area (Å²) in [5.41, 5.74) is -7.14. The lowest BCUT2D eigenvalue weighted by atomic mass is 9.98. The Morgan fingerprint density at radius 2 is 1.93 bits per heavy atom. The van der Waals surface area contributed by atoms with Crippen LogP contribution >= 0.6 is 15.9 Å². The Labute approximate surface area is 175 Å². The van der Waals surface area contributed by atoms with Crippen LogP contribution in [0.1, 0.15) is 23.7 Å². The van der Waals surface area contributed by atoms with Crippen LogP contribution in [0.25, 0.3) is 5.69 Å². The number of hydrogen-bond acceptors (Lipinski definition) is 5. The predicted molar refractivity (Wildman–Crippen MR) is 99.4 cm³/mol. The highest BCUT2D eigenvalue weighted by Crippen LogP contribution is 2.44. The third-order valence-corrected chi connectivity index (χ3v) is 5.49. The Morgan fingerprint density at radius 3 is 2.47 bits per heavy atom. The maximum Gasteiger partial charge on any atom is 0.432 e. The summed E-state index contributed by atoms with van der Waals surface area (Å²) < 4.78 is 65.9. The average Bonchev–Trinajstić information content (AvgIpc) is 3.00. The Balaban J connectivity index is 2.39. The topological polar surface area (TPSA) is 79.5 Å². The van der Waals surface area contributed by atoms with Gasteiger partial charge in [-0.1, -0.05) is 0 Å². The maximum absolute atomic E-state index is 15.0. The van der Waals surface area contributed by atoms with Crippen molar-refractivity contribution in [1.29, 1.82) is 0 Å². The Morgan fingerprint density at radius 1 is 1.33 bits per heavy atom. The van der Waals surface area contributed by atoms with Crippen molar-refractivity contribution in [2.45, 2.75) is 32.0 Å². The predicted octanol–water partition coefficient (Wildman–Crippen LogP) is 2.63. The van der Waals surface area contributed by atoms with E-state index >= 15 is 0 Å². The van der Waals surface area contributed by atoms with Crippen LogP contribution in [0.3, 0.4) is 0 Å². The van der Waals surface area contributed by atoms with Gasteiger partial charge >= 0.3 is 17.8 Å². The number of methoxy groups -OCH3 is 1. The fourth-order valence-electron chi connectivity index (χ4n) is 3.54. The zero-order chi connectivity index (χ0) is 22.8. The number of esters is 1. The number of rotatable bonds is 2. The standard InChI is InChI=1S/C18H15BrF4N2O5/c1-7-13(18(21,22)23)24(3)16(28)25(14(7)26)11-8-6-17(2,15(27)29-4)30-12(8)9(19)5-10(11)20/h5H,6H2,1-4H3. The second-order valence-electron chi connectivity index (χ2n) is 6.95.